The van der Waals surface area contributed by atoms with Gasteiger partial charge in [-0.3, -0.25) is 9.59 Å². The van der Waals surface area contributed by atoms with Crippen molar-refractivity contribution in [1.29, 1.82) is 0 Å². The zero-order valence-corrected chi connectivity index (χ0v) is 17.1. The number of carboxylic acids is 2. The fourth-order valence-electron chi connectivity index (χ4n) is 2.68. The summed E-state index contributed by atoms with van der Waals surface area (Å²) in [7, 11) is 0. The Kier molecular flexibility index (Phi) is 10.0. The molecule has 0 saturated heterocycles. The third-order valence-electron chi connectivity index (χ3n) is 4.15. The first kappa shape index (κ1) is 27.3. The van der Waals surface area contributed by atoms with Crippen LogP contribution in [0.25, 0.3) is 0 Å². The van der Waals surface area contributed by atoms with Gasteiger partial charge in [-0.25, -0.2) is 0 Å². The summed E-state index contributed by atoms with van der Waals surface area (Å²) in [4.78, 5) is 21.3. The molecule has 0 bridgehead atoms. The molecular weight excluding hydrogens is 466 g/mol. The SMILES string of the molecule is O=C(O)C(CCCCl)c1cccc(C(F)(F)F)c1.O=C(O)Cc1cccc(C(F)(F)F)c1. The third-order valence-corrected chi connectivity index (χ3v) is 4.42. The predicted molar refractivity (Wildman–Crippen MR) is 105 cm³/mol. The van der Waals surface area contributed by atoms with Crippen LogP contribution in [0.5, 0.6) is 0 Å². The summed E-state index contributed by atoms with van der Waals surface area (Å²) in [6.07, 6.45) is -8.63. The Morgan fingerprint density at radius 2 is 1.41 bits per heavy atom. The first-order chi connectivity index (χ1) is 14.8. The highest BCUT2D eigenvalue weighted by molar-refractivity contribution is 6.17. The smallest absolute Gasteiger partial charge is 0.416 e. The number of hydrogen-bond acceptors (Lipinski definition) is 2. The monoisotopic (exact) mass is 484 g/mol. The summed E-state index contributed by atoms with van der Waals surface area (Å²) in [5.74, 6) is -2.96. The average Bonchev–Trinajstić information content (AvgIpc) is 2.67. The minimum atomic E-state index is -4.47. The Morgan fingerprint density at radius 3 is 1.88 bits per heavy atom. The van der Waals surface area contributed by atoms with Crippen molar-refractivity contribution in [1.82, 2.24) is 0 Å². The minimum absolute atomic E-state index is 0.146. The molecule has 2 aromatic rings. The Balaban J connectivity index is 0.000000330. The topological polar surface area (TPSA) is 74.6 Å². The van der Waals surface area contributed by atoms with Crippen LogP contribution < -0.4 is 0 Å². The summed E-state index contributed by atoms with van der Waals surface area (Å²) in [6.45, 7) is 0. The number of hydrogen-bond donors (Lipinski definition) is 2. The lowest BCUT2D eigenvalue weighted by atomic mass is 9.93. The number of rotatable bonds is 7. The molecule has 2 N–H and O–H groups in total. The predicted octanol–water partition coefficient (Wildman–Crippen LogP) is 6.23. The van der Waals surface area contributed by atoms with Crippen LogP contribution in [0, 0.1) is 0 Å². The van der Waals surface area contributed by atoms with Gasteiger partial charge in [-0.15, -0.1) is 11.6 Å². The number of carbonyl (C=O) groups is 2. The van der Waals surface area contributed by atoms with Crippen molar-refractivity contribution < 1.29 is 46.1 Å². The maximum Gasteiger partial charge on any atom is 0.416 e. The van der Waals surface area contributed by atoms with Gasteiger partial charge >= 0.3 is 24.3 Å². The normalized spacial score (nSPS) is 12.5. The molecule has 0 aliphatic rings. The number of carboxylic acid groups (broad SMARTS) is 2. The molecule has 176 valence electrons. The summed E-state index contributed by atoms with van der Waals surface area (Å²) in [5, 5.41) is 17.4. The highest BCUT2D eigenvalue weighted by Crippen LogP contribution is 2.32. The Labute approximate surface area is 184 Å². The second-order valence-corrected chi connectivity index (χ2v) is 6.99. The Bertz CT molecular complexity index is 912. The second-order valence-electron chi connectivity index (χ2n) is 6.61. The lowest BCUT2D eigenvalue weighted by molar-refractivity contribution is -0.140. The highest BCUT2D eigenvalue weighted by atomic mass is 35.5. The molecule has 1 atom stereocenters. The summed E-state index contributed by atoms with van der Waals surface area (Å²) < 4.78 is 74.0. The van der Waals surface area contributed by atoms with E-state index in [1.807, 2.05) is 0 Å². The van der Waals surface area contributed by atoms with Crippen molar-refractivity contribution in [2.75, 3.05) is 5.88 Å². The molecule has 0 aliphatic heterocycles. The minimum Gasteiger partial charge on any atom is -0.481 e. The summed E-state index contributed by atoms with van der Waals surface area (Å²) >= 11 is 5.47. The van der Waals surface area contributed by atoms with Crippen molar-refractivity contribution in [3.8, 4) is 0 Å². The lowest BCUT2D eigenvalue weighted by Crippen LogP contribution is -2.13. The number of benzene rings is 2. The van der Waals surface area contributed by atoms with Gasteiger partial charge in [0.05, 0.1) is 23.5 Å². The van der Waals surface area contributed by atoms with Crippen LogP contribution in [0.2, 0.25) is 0 Å². The van der Waals surface area contributed by atoms with Crippen LogP contribution in [0.3, 0.4) is 0 Å². The molecule has 1 unspecified atom stereocenters. The van der Waals surface area contributed by atoms with Gasteiger partial charge in [-0.1, -0.05) is 36.4 Å². The molecular formula is C21H19ClF6O4. The molecule has 4 nitrogen and oxygen atoms in total. The van der Waals surface area contributed by atoms with E-state index in [0.717, 1.165) is 24.3 Å². The van der Waals surface area contributed by atoms with Gasteiger partial charge in [0, 0.05) is 5.88 Å². The van der Waals surface area contributed by atoms with Crippen molar-refractivity contribution in [2.45, 2.75) is 37.5 Å². The van der Waals surface area contributed by atoms with Crippen LogP contribution in [-0.4, -0.2) is 28.0 Å². The first-order valence-electron chi connectivity index (χ1n) is 9.09. The van der Waals surface area contributed by atoms with E-state index in [4.69, 9.17) is 21.8 Å². The fraction of sp³-hybridized carbons (Fsp3) is 0.333. The van der Waals surface area contributed by atoms with E-state index >= 15 is 0 Å². The standard InChI is InChI=1S/C12H12ClF3O2.C9H7F3O2/c13-6-2-5-10(11(17)18)8-3-1-4-9(7-8)12(14,15)16;10-9(11,12)7-3-1-2-6(4-7)5-8(13)14/h1,3-4,7,10H,2,5-6H2,(H,17,18);1-4H,5H2,(H,13,14). The number of halogens is 7. The Morgan fingerprint density at radius 1 is 0.875 bits per heavy atom. The zero-order valence-electron chi connectivity index (χ0n) is 16.4. The zero-order chi connectivity index (χ0) is 24.5. The molecule has 2 rings (SSSR count). The maximum atomic E-state index is 12.5. The van der Waals surface area contributed by atoms with Crippen molar-refractivity contribution in [3.05, 3.63) is 70.8 Å². The summed E-state index contributed by atoms with van der Waals surface area (Å²) in [6, 6.07) is 8.71. The molecule has 0 radical (unpaired) electrons. The van der Waals surface area contributed by atoms with E-state index in [1.165, 1.54) is 24.3 Å². The van der Waals surface area contributed by atoms with Gasteiger partial charge in [0.1, 0.15) is 0 Å². The van der Waals surface area contributed by atoms with E-state index in [0.29, 0.717) is 6.42 Å². The molecule has 11 heteroatoms. The molecule has 0 amide bonds. The van der Waals surface area contributed by atoms with E-state index in [2.05, 4.69) is 0 Å². The molecule has 0 aliphatic carbocycles. The molecule has 0 saturated carbocycles. The Hall–Kier alpha value is -2.75. The highest BCUT2D eigenvalue weighted by Gasteiger charge is 2.32. The van der Waals surface area contributed by atoms with E-state index in [9.17, 15) is 35.9 Å². The van der Waals surface area contributed by atoms with Crippen molar-refractivity contribution in [2.24, 2.45) is 0 Å². The summed E-state index contributed by atoms with van der Waals surface area (Å²) in [5.41, 5.74) is -1.36. The second kappa shape index (κ2) is 11.8. The number of alkyl halides is 7. The first-order valence-corrected chi connectivity index (χ1v) is 9.63. The van der Waals surface area contributed by atoms with Crippen LogP contribution in [0.4, 0.5) is 26.3 Å². The average molecular weight is 485 g/mol. The van der Waals surface area contributed by atoms with Gasteiger partial charge in [-0.2, -0.15) is 26.3 Å². The van der Waals surface area contributed by atoms with E-state index in [-0.39, 0.29) is 23.4 Å². The fourth-order valence-corrected chi connectivity index (χ4v) is 2.83. The maximum absolute atomic E-state index is 12.5. The molecule has 32 heavy (non-hydrogen) atoms. The van der Waals surface area contributed by atoms with Gasteiger partial charge < -0.3 is 10.2 Å². The largest absolute Gasteiger partial charge is 0.481 e. The van der Waals surface area contributed by atoms with Gasteiger partial charge in [0.15, 0.2) is 0 Å². The van der Waals surface area contributed by atoms with E-state index < -0.39 is 47.8 Å². The van der Waals surface area contributed by atoms with Crippen LogP contribution in [-0.2, 0) is 28.4 Å². The van der Waals surface area contributed by atoms with Crippen LogP contribution in [0.15, 0.2) is 48.5 Å². The molecule has 0 fully saturated rings. The molecule has 0 heterocycles. The van der Waals surface area contributed by atoms with Gasteiger partial charge in [0.25, 0.3) is 0 Å². The lowest BCUT2D eigenvalue weighted by Gasteiger charge is -2.14. The number of aliphatic carboxylic acids is 2. The van der Waals surface area contributed by atoms with E-state index in [1.54, 1.807) is 0 Å². The van der Waals surface area contributed by atoms with Gasteiger partial charge in [0.2, 0.25) is 0 Å². The molecule has 0 aromatic heterocycles. The molecule has 2 aromatic carbocycles. The van der Waals surface area contributed by atoms with Crippen molar-refractivity contribution in [3.63, 3.8) is 0 Å². The van der Waals surface area contributed by atoms with Crippen LogP contribution in [0.1, 0.15) is 41.0 Å². The quantitative estimate of drug-likeness (QED) is 0.361. The van der Waals surface area contributed by atoms with Crippen molar-refractivity contribution >= 4 is 23.5 Å². The van der Waals surface area contributed by atoms with Crippen LogP contribution >= 0.6 is 11.6 Å². The third kappa shape index (κ3) is 9.17. The van der Waals surface area contributed by atoms with Gasteiger partial charge in [-0.05, 0) is 36.1 Å². The molecule has 0 spiro atoms.